The van der Waals surface area contributed by atoms with Crippen LogP contribution >= 0.6 is 11.3 Å². The van der Waals surface area contributed by atoms with E-state index < -0.39 is 41.8 Å². The van der Waals surface area contributed by atoms with Crippen LogP contribution < -0.4 is 16.0 Å². The van der Waals surface area contributed by atoms with Crippen molar-refractivity contribution in [3.05, 3.63) is 88.4 Å². The number of amides is 4. The third kappa shape index (κ3) is 14.3. The fourth-order valence-corrected chi connectivity index (χ4v) is 7.66. The van der Waals surface area contributed by atoms with Gasteiger partial charge in [0.05, 0.1) is 29.3 Å². The molecule has 11 heteroatoms. The van der Waals surface area contributed by atoms with E-state index in [2.05, 4.69) is 27.9 Å². The monoisotopic (exact) mass is 745 g/mol. The minimum absolute atomic E-state index is 0.0314. The summed E-state index contributed by atoms with van der Waals surface area (Å²) in [4.78, 5) is 60.8. The van der Waals surface area contributed by atoms with Crippen LogP contribution in [0.3, 0.4) is 0 Å². The van der Waals surface area contributed by atoms with Gasteiger partial charge in [-0.15, -0.1) is 11.3 Å². The Balaban J connectivity index is 1.52. The topological polar surface area (TPSA) is 141 Å². The summed E-state index contributed by atoms with van der Waals surface area (Å²) in [7, 11) is 1.73. The Morgan fingerprint density at radius 1 is 0.906 bits per heavy atom. The lowest BCUT2D eigenvalue weighted by Gasteiger charge is -2.32. The molecule has 4 N–H and O–H groups in total. The van der Waals surface area contributed by atoms with E-state index in [0.717, 1.165) is 49.7 Å². The van der Waals surface area contributed by atoms with Crippen molar-refractivity contribution in [2.45, 2.75) is 116 Å². The quantitative estimate of drug-likeness (QED) is 0.101. The van der Waals surface area contributed by atoms with Gasteiger partial charge in [-0.3, -0.25) is 19.2 Å². The van der Waals surface area contributed by atoms with Crippen LogP contribution in [0.4, 0.5) is 0 Å². The predicted molar refractivity (Wildman–Crippen MR) is 210 cm³/mol. The van der Waals surface area contributed by atoms with Gasteiger partial charge in [0.15, 0.2) is 0 Å². The molecular formula is C42H59N5O5S. The molecule has 0 saturated heterocycles. The molecule has 4 rings (SSSR count). The molecule has 4 amide bonds. The van der Waals surface area contributed by atoms with Gasteiger partial charge < -0.3 is 26.0 Å². The molecule has 0 aliphatic heterocycles. The Labute approximate surface area is 319 Å². The van der Waals surface area contributed by atoms with E-state index in [4.69, 9.17) is 0 Å². The molecule has 1 aliphatic carbocycles. The van der Waals surface area contributed by atoms with Crippen molar-refractivity contribution < 1.29 is 24.3 Å². The number of carbonyl (C=O) groups is 4. The molecule has 1 aliphatic rings. The zero-order valence-electron chi connectivity index (χ0n) is 31.7. The number of rotatable bonds is 21. The highest BCUT2D eigenvalue weighted by Gasteiger charge is 2.33. The number of aliphatic hydroxyl groups excluding tert-OH is 1. The van der Waals surface area contributed by atoms with Gasteiger partial charge in [0.2, 0.25) is 23.6 Å². The zero-order valence-corrected chi connectivity index (χ0v) is 32.5. The van der Waals surface area contributed by atoms with Crippen LogP contribution in [0.15, 0.2) is 71.6 Å². The fraction of sp³-hybridized carbons (Fsp3) is 0.548. The fourth-order valence-electron chi connectivity index (χ4n) is 7.09. The highest BCUT2D eigenvalue weighted by molar-refractivity contribution is 7.07. The number of benzene rings is 2. The molecule has 288 valence electrons. The third-order valence-electron chi connectivity index (χ3n) is 10.3. The van der Waals surface area contributed by atoms with E-state index in [1.165, 1.54) is 17.8 Å². The Morgan fingerprint density at radius 3 is 2.23 bits per heavy atom. The summed E-state index contributed by atoms with van der Waals surface area (Å²) in [6, 6.07) is 17.7. The molecule has 0 bridgehead atoms. The molecule has 1 fully saturated rings. The predicted octanol–water partition coefficient (Wildman–Crippen LogP) is 5.84. The standard InChI is InChI=1S/C42H59N5O5S/c1-4-5-21-43-40(50)30(2)22-38(48)36(24-32-17-11-7-12-18-32)45-42(52)37(26-35-28-53-29-44-35)46-41(51)34(23-31-15-9-6-10-16-31)25-39(49)47(3)27-33-19-13-8-14-20-33/h6,8-10,13-16,19-20,28-30,32,34,36-38,48H,4-5,7,11-12,17-18,21-27H2,1-3H3,(H,43,50)(H,45,52)(H,46,51)/t30?,34?,36?,37-,38?/m0/s1. The Bertz CT molecular complexity index is 1530. The van der Waals surface area contributed by atoms with Gasteiger partial charge in [0.25, 0.3) is 0 Å². The second-order valence-electron chi connectivity index (χ2n) is 14.8. The minimum atomic E-state index is -0.990. The van der Waals surface area contributed by atoms with Crippen LogP contribution in [-0.2, 0) is 38.6 Å². The molecule has 1 heterocycles. The number of carbonyl (C=O) groups excluding carboxylic acids is 4. The lowest BCUT2D eigenvalue weighted by molar-refractivity contribution is -0.137. The molecule has 4 unspecified atom stereocenters. The van der Waals surface area contributed by atoms with Crippen molar-refractivity contribution in [2.75, 3.05) is 13.6 Å². The van der Waals surface area contributed by atoms with E-state index in [1.54, 1.807) is 24.4 Å². The molecule has 0 radical (unpaired) electrons. The van der Waals surface area contributed by atoms with Crippen molar-refractivity contribution in [1.29, 1.82) is 0 Å². The number of aromatic nitrogens is 1. The van der Waals surface area contributed by atoms with E-state index in [1.807, 2.05) is 66.0 Å². The van der Waals surface area contributed by atoms with E-state index in [0.29, 0.717) is 37.5 Å². The smallest absolute Gasteiger partial charge is 0.243 e. The maximum absolute atomic E-state index is 14.3. The molecule has 1 aromatic heterocycles. The van der Waals surface area contributed by atoms with Gasteiger partial charge in [-0.25, -0.2) is 4.98 Å². The molecule has 2 aromatic carbocycles. The lowest BCUT2D eigenvalue weighted by atomic mass is 9.82. The second kappa shape index (κ2) is 22.2. The summed E-state index contributed by atoms with van der Waals surface area (Å²) in [5.41, 5.74) is 4.25. The first-order chi connectivity index (χ1) is 25.6. The molecule has 1 saturated carbocycles. The van der Waals surface area contributed by atoms with Crippen LogP contribution in [0.2, 0.25) is 0 Å². The third-order valence-corrected chi connectivity index (χ3v) is 10.9. The first-order valence-electron chi connectivity index (χ1n) is 19.4. The van der Waals surface area contributed by atoms with Gasteiger partial charge in [-0.1, -0.05) is 113 Å². The summed E-state index contributed by atoms with van der Waals surface area (Å²) in [5.74, 6) is -1.92. The number of thiazole rings is 1. The second-order valence-corrected chi connectivity index (χ2v) is 15.5. The van der Waals surface area contributed by atoms with E-state index in [-0.39, 0.29) is 31.1 Å². The van der Waals surface area contributed by atoms with Crippen molar-refractivity contribution in [1.82, 2.24) is 25.8 Å². The largest absolute Gasteiger partial charge is 0.391 e. The average Bonchev–Trinajstić information content (AvgIpc) is 3.68. The SMILES string of the molecule is CCCCNC(=O)C(C)CC(O)C(CC1CCCCC1)NC(=O)[C@H](Cc1cscn1)NC(=O)C(CC(=O)N(C)Cc1ccccc1)Cc1ccccc1. The summed E-state index contributed by atoms with van der Waals surface area (Å²) >= 11 is 1.41. The van der Waals surface area contributed by atoms with Gasteiger partial charge >= 0.3 is 0 Å². The maximum Gasteiger partial charge on any atom is 0.243 e. The van der Waals surface area contributed by atoms with Gasteiger partial charge in [0, 0.05) is 44.3 Å². The van der Waals surface area contributed by atoms with Crippen LogP contribution in [0.5, 0.6) is 0 Å². The first kappa shape index (κ1) is 41.7. The van der Waals surface area contributed by atoms with Crippen molar-refractivity contribution in [2.24, 2.45) is 17.8 Å². The summed E-state index contributed by atoms with van der Waals surface area (Å²) in [6.45, 7) is 4.88. The van der Waals surface area contributed by atoms with Crippen LogP contribution in [0.1, 0.15) is 94.9 Å². The normalized spacial score (nSPS) is 16.1. The van der Waals surface area contributed by atoms with Crippen LogP contribution in [0.25, 0.3) is 0 Å². The Morgan fingerprint density at radius 2 is 1.58 bits per heavy atom. The average molecular weight is 746 g/mol. The number of aliphatic hydroxyl groups is 1. The highest BCUT2D eigenvalue weighted by Crippen LogP contribution is 2.29. The van der Waals surface area contributed by atoms with Crippen LogP contribution in [0, 0.1) is 17.8 Å². The lowest BCUT2D eigenvalue weighted by Crippen LogP contribution is -2.55. The summed E-state index contributed by atoms with van der Waals surface area (Å²) < 4.78 is 0. The first-order valence-corrected chi connectivity index (χ1v) is 20.3. The zero-order chi connectivity index (χ0) is 38.0. The Kier molecular flexibility index (Phi) is 17.5. The van der Waals surface area contributed by atoms with Gasteiger partial charge in [0.1, 0.15) is 6.04 Å². The Hall–Kier alpha value is -4.09. The minimum Gasteiger partial charge on any atom is -0.391 e. The number of unbranched alkanes of at least 4 members (excludes halogenated alkanes) is 1. The van der Waals surface area contributed by atoms with Crippen LogP contribution in [-0.4, -0.2) is 70.4 Å². The summed E-state index contributed by atoms with van der Waals surface area (Å²) in [6.07, 6.45) is 7.61. The van der Waals surface area contributed by atoms with Crippen molar-refractivity contribution in [3.8, 4) is 0 Å². The summed E-state index contributed by atoms with van der Waals surface area (Å²) in [5, 5.41) is 22.5. The van der Waals surface area contributed by atoms with Gasteiger partial charge in [-0.2, -0.15) is 0 Å². The molecule has 0 spiro atoms. The van der Waals surface area contributed by atoms with Crippen molar-refractivity contribution >= 4 is 35.0 Å². The molecule has 5 atom stereocenters. The maximum atomic E-state index is 14.3. The molecular weight excluding hydrogens is 687 g/mol. The number of hydrogen-bond donors (Lipinski definition) is 4. The number of nitrogens with one attached hydrogen (secondary N) is 3. The van der Waals surface area contributed by atoms with Gasteiger partial charge in [-0.05, 0) is 42.7 Å². The molecule has 53 heavy (non-hydrogen) atoms. The van der Waals surface area contributed by atoms with E-state index >= 15 is 0 Å². The molecule has 10 nitrogen and oxygen atoms in total. The highest BCUT2D eigenvalue weighted by atomic mass is 32.1. The number of hydrogen-bond acceptors (Lipinski definition) is 7. The van der Waals surface area contributed by atoms with Crippen molar-refractivity contribution in [3.63, 3.8) is 0 Å². The number of nitrogens with zero attached hydrogens (tertiary/aromatic N) is 2. The van der Waals surface area contributed by atoms with E-state index in [9.17, 15) is 24.3 Å². The molecule has 3 aromatic rings.